The Kier molecular flexibility index (Phi) is 2.92. The highest BCUT2D eigenvalue weighted by Crippen LogP contribution is 2.62. The molecule has 0 fully saturated rings. The Balaban J connectivity index is 1.61. The third kappa shape index (κ3) is 1.72. The van der Waals surface area contributed by atoms with Gasteiger partial charge in [0.05, 0.1) is 0 Å². The quantitative estimate of drug-likeness (QED) is 0.730. The van der Waals surface area contributed by atoms with Crippen LogP contribution in [0, 0.1) is 0 Å². The van der Waals surface area contributed by atoms with E-state index in [9.17, 15) is 10.2 Å². The molecule has 4 aliphatic rings. The molecule has 0 radical (unpaired) electrons. The number of nitrogens with zero attached hydrogens (tertiary/aromatic N) is 1. The van der Waals surface area contributed by atoms with Crippen LogP contribution in [0.5, 0.6) is 23.0 Å². The highest BCUT2D eigenvalue weighted by atomic mass is 16.7. The SMILES string of the molecule is CN1CCc2cc3c(cc2[C@]12[C@@H](O)c1ccc4c(c1[C@@H]2O)OCO4)OCO3. The van der Waals surface area contributed by atoms with E-state index in [1.54, 1.807) is 6.07 Å². The summed E-state index contributed by atoms with van der Waals surface area (Å²) in [5.74, 6) is 2.48. The smallest absolute Gasteiger partial charge is 0.231 e. The van der Waals surface area contributed by atoms with Gasteiger partial charge in [0.2, 0.25) is 13.6 Å². The second kappa shape index (κ2) is 5.07. The fraction of sp³-hybridized carbons (Fsp3) is 0.400. The second-order valence-corrected chi connectivity index (χ2v) is 7.47. The van der Waals surface area contributed by atoms with Crippen LogP contribution >= 0.6 is 0 Å². The monoisotopic (exact) mass is 369 g/mol. The first kappa shape index (κ1) is 15.6. The summed E-state index contributed by atoms with van der Waals surface area (Å²) in [6.45, 7) is 1.01. The summed E-state index contributed by atoms with van der Waals surface area (Å²) in [6, 6.07) is 7.49. The summed E-state index contributed by atoms with van der Waals surface area (Å²) in [4.78, 5) is 2.04. The number of aliphatic hydroxyl groups is 2. The van der Waals surface area contributed by atoms with Crippen LogP contribution < -0.4 is 18.9 Å². The van der Waals surface area contributed by atoms with Crippen molar-refractivity contribution in [2.45, 2.75) is 24.2 Å². The van der Waals surface area contributed by atoms with Crippen molar-refractivity contribution < 1.29 is 29.2 Å². The lowest BCUT2D eigenvalue weighted by Crippen LogP contribution is -2.53. The van der Waals surface area contributed by atoms with Gasteiger partial charge in [-0.3, -0.25) is 4.90 Å². The van der Waals surface area contributed by atoms with Gasteiger partial charge in [-0.1, -0.05) is 6.07 Å². The number of hydrogen-bond donors (Lipinski definition) is 2. The first-order valence-electron chi connectivity index (χ1n) is 9.05. The van der Waals surface area contributed by atoms with Crippen LogP contribution in [0.2, 0.25) is 0 Å². The van der Waals surface area contributed by atoms with Gasteiger partial charge >= 0.3 is 0 Å². The molecule has 0 unspecified atom stereocenters. The fourth-order valence-corrected chi connectivity index (χ4v) is 5.09. The standard InChI is InChI=1S/C20H19NO6/c1-21-5-4-10-6-14-15(26-8-25-14)7-12(10)20(21)18(22)11-2-3-13-17(27-9-24-13)16(11)19(20)23/h2-3,6-7,18-19,22-23H,4-5,8-9H2,1H3/t18-,19-,20+/m0/s1. The van der Waals surface area contributed by atoms with Crippen molar-refractivity contribution in [1.29, 1.82) is 0 Å². The van der Waals surface area contributed by atoms with Crippen LogP contribution in [-0.4, -0.2) is 42.3 Å². The molecule has 0 saturated carbocycles. The largest absolute Gasteiger partial charge is 0.454 e. The van der Waals surface area contributed by atoms with E-state index in [1.807, 2.05) is 30.1 Å². The molecule has 2 aromatic rings. The third-order valence-corrected chi connectivity index (χ3v) is 6.39. The molecular formula is C20H19NO6. The Hall–Kier alpha value is -2.48. The Labute approximate surface area is 155 Å². The molecule has 0 bridgehead atoms. The van der Waals surface area contributed by atoms with Gasteiger partial charge in [0.15, 0.2) is 23.0 Å². The lowest BCUT2D eigenvalue weighted by atomic mass is 9.75. The normalized spacial score (nSPS) is 29.9. The average molecular weight is 369 g/mol. The van der Waals surface area contributed by atoms with E-state index in [1.165, 1.54) is 0 Å². The summed E-state index contributed by atoms with van der Waals surface area (Å²) < 4.78 is 22.2. The molecule has 7 nitrogen and oxygen atoms in total. The van der Waals surface area contributed by atoms with Crippen LogP contribution in [0.3, 0.4) is 0 Å². The van der Waals surface area contributed by atoms with Crippen molar-refractivity contribution >= 4 is 0 Å². The molecule has 1 aliphatic carbocycles. The molecule has 2 N–H and O–H groups in total. The minimum absolute atomic E-state index is 0.118. The van der Waals surface area contributed by atoms with Gasteiger partial charge in [-0.05, 0) is 48.4 Å². The zero-order valence-electron chi connectivity index (χ0n) is 14.8. The average Bonchev–Trinajstić information content (AvgIpc) is 3.37. The topological polar surface area (TPSA) is 80.6 Å². The predicted octanol–water partition coefficient (Wildman–Crippen LogP) is 1.61. The molecule has 0 amide bonds. The highest BCUT2D eigenvalue weighted by molar-refractivity contribution is 5.62. The van der Waals surface area contributed by atoms with Gasteiger partial charge in [-0.15, -0.1) is 0 Å². The summed E-state index contributed by atoms with van der Waals surface area (Å²) in [5.41, 5.74) is 2.18. The lowest BCUT2D eigenvalue weighted by molar-refractivity contribution is -0.0951. The van der Waals surface area contributed by atoms with E-state index in [4.69, 9.17) is 18.9 Å². The molecule has 6 rings (SSSR count). The van der Waals surface area contributed by atoms with E-state index in [0.717, 1.165) is 17.5 Å². The lowest BCUT2D eigenvalue weighted by Gasteiger charge is -2.48. The predicted molar refractivity (Wildman–Crippen MR) is 93.1 cm³/mol. The van der Waals surface area contributed by atoms with Gasteiger partial charge in [0.25, 0.3) is 0 Å². The van der Waals surface area contributed by atoms with Crippen molar-refractivity contribution in [2.24, 2.45) is 0 Å². The Morgan fingerprint density at radius 2 is 1.70 bits per heavy atom. The second-order valence-electron chi connectivity index (χ2n) is 7.47. The van der Waals surface area contributed by atoms with E-state index in [2.05, 4.69) is 0 Å². The Morgan fingerprint density at radius 1 is 0.963 bits per heavy atom. The molecule has 3 aliphatic heterocycles. The van der Waals surface area contributed by atoms with Crippen molar-refractivity contribution in [2.75, 3.05) is 27.2 Å². The molecule has 3 heterocycles. The number of benzene rings is 2. The number of aliphatic hydroxyl groups excluding tert-OH is 2. The molecule has 3 atom stereocenters. The molecule has 1 spiro atoms. The molecule has 27 heavy (non-hydrogen) atoms. The van der Waals surface area contributed by atoms with Gasteiger partial charge in [0.1, 0.15) is 17.7 Å². The van der Waals surface area contributed by atoms with Gasteiger partial charge in [-0.2, -0.15) is 0 Å². The summed E-state index contributed by atoms with van der Waals surface area (Å²) in [5, 5.41) is 23.0. The minimum Gasteiger partial charge on any atom is -0.454 e. The highest BCUT2D eigenvalue weighted by Gasteiger charge is 2.60. The van der Waals surface area contributed by atoms with Crippen LogP contribution in [-0.2, 0) is 12.0 Å². The van der Waals surface area contributed by atoms with Crippen LogP contribution in [0.25, 0.3) is 0 Å². The molecule has 140 valence electrons. The number of likely N-dealkylation sites (N-methyl/N-ethyl adjacent to an activating group) is 1. The maximum Gasteiger partial charge on any atom is 0.231 e. The van der Waals surface area contributed by atoms with Crippen molar-refractivity contribution in [3.05, 3.63) is 46.5 Å². The van der Waals surface area contributed by atoms with Crippen molar-refractivity contribution in [3.63, 3.8) is 0 Å². The number of rotatable bonds is 0. The first-order valence-corrected chi connectivity index (χ1v) is 9.05. The number of ether oxygens (including phenoxy) is 4. The first-order chi connectivity index (χ1) is 13.1. The molecular weight excluding hydrogens is 350 g/mol. The summed E-state index contributed by atoms with van der Waals surface area (Å²) in [7, 11) is 1.93. The van der Waals surface area contributed by atoms with Crippen molar-refractivity contribution in [3.8, 4) is 23.0 Å². The molecule has 0 aromatic heterocycles. The Bertz CT molecular complexity index is 975. The zero-order chi connectivity index (χ0) is 18.3. The summed E-state index contributed by atoms with van der Waals surface area (Å²) in [6.07, 6.45) is -1.08. The van der Waals surface area contributed by atoms with Crippen LogP contribution in [0.4, 0.5) is 0 Å². The maximum atomic E-state index is 11.5. The van der Waals surface area contributed by atoms with E-state index in [0.29, 0.717) is 40.7 Å². The molecule has 7 heteroatoms. The number of hydrogen-bond acceptors (Lipinski definition) is 7. The molecule has 0 saturated heterocycles. The van der Waals surface area contributed by atoms with Crippen LogP contribution in [0.15, 0.2) is 24.3 Å². The van der Waals surface area contributed by atoms with Gasteiger partial charge < -0.3 is 29.2 Å². The Morgan fingerprint density at radius 3 is 2.56 bits per heavy atom. The zero-order valence-corrected chi connectivity index (χ0v) is 14.8. The van der Waals surface area contributed by atoms with E-state index < -0.39 is 17.7 Å². The third-order valence-electron chi connectivity index (χ3n) is 6.39. The van der Waals surface area contributed by atoms with E-state index in [-0.39, 0.29) is 13.6 Å². The van der Waals surface area contributed by atoms with Crippen LogP contribution in [0.1, 0.15) is 34.5 Å². The maximum absolute atomic E-state index is 11.5. The minimum atomic E-state index is -1.02. The van der Waals surface area contributed by atoms with Crippen molar-refractivity contribution in [1.82, 2.24) is 4.90 Å². The summed E-state index contributed by atoms with van der Waals surface area (Å²) >= 11 is 0. The van der Waals surface area contributed by atoms with Gasteiger partial charge in [0, 0.05) is 12.1 Å². The van der Waals surface area contributed by atoms with Gasteiger partial charge in [-0.25, -0.2) is 0 Å². The fourth-order valence-electron chi connectivity index (χ4n) is 5.09. The van der Waals surface area contributed by atoms with E-state index >= 15 is 0 Å². The molecule has 2 aromatic carbocycles. The number of fused-ring (bicyclic) bond motifs is 6.